The van der Waals surface area contributed by atoms with Crippen molar-refractivity contribution in [3.63, 3.8) is 0 Å². The van der Waals surface area contributed by atoms with Crippen molar-refractivity contribution in [2.45, 2.75) is 32.2 Å². The number of allylic oxidation sites excluding steroid dienone is 2. The number of hydrogen-bond donors (Lipinski definition) is 1. The number of anilines is 1. The maximum Gasteiger partial charge on any atom is 0.296 e. The van der Waals surface area contributed by atoms with Crippen molar-refractivity contribution in [2.24, 2.45) is 11.8 Å². The molecule has 2 aliphatic rings. The number of fused-ring (bicyclic) bond motifs is 3. The van der Waals surface area contributed by atoms with Crippen LogP contribution < -0.4 is 10.1 Å². The highest BCUT2D eigenvalue weighted by Gasteiger charge is 2.41. The highest BCUT2D eigenvalue weighted by atomic mass is 16.6. The molecular weight excluding hydrogens is 268 g/mol. The van der Waals surface area contributed by atoms with Gasteiger partial charge >= 0.3 is 0 Å². The Balaban J connectivity index is 2.17. The van der Waals surface area contributed by atoms with Crippen molar-refractivity contribution in [3.8, 4) is 5.75 Å². The molecule has 0 unspecified atom stereocenters. The molecule has 1 N–H and O–H groups in total. The number of benzene rings is 1. The van der Waals surface area contributed by atoms with E-state index in [1.807, 2.05) is 6.07 Å². The van der Waals surface area contributed by atoms with Crippen LogP contribution in [0.1, 0.15) is 31.7 Å². The summed E-state index contributed by atoms with van der Waals surface area (Å²) >= 11 is 0. The van der Waals surface area contributed by atoms with Gasteiger partial charge < -0.3 is 10.1 Å². The summed E-state index contributed by atoms with van der Waals surface area (Å²) in [7, 11) is 1.54. The lowest BCUT2D eigenvalue weighted by Crippen LogP contribution is -2.39. The van der Waals surface area contributed by atoms with Gasteiger partial charge in [-0.25, -0.2) is 0 Å². The monoisotopic (exact) mass is 288 g/mol. The Hall–Kier alpha value is -2.04. The van der Waals surface area contributed by atoms with Crippen molar-refractivity contribution >= 4 is 11.4 Å². The number of nitrogens with one attached hydrogen (secondary N) is 1. The molecule has 21 heavy (non-hydrogen) atoms. The second-order valence-corrected chi connectivity index (χ2v) is 6.14. The molecule has 0 radical (unpaired) electrons. The Morgan fingerprint density at radius 2 is 2.19 bits per heavy atom. The zero-order valence-corrected chi connectivity index (χ0v) is 12.5. The average molecular weight is 288 g/mol. The van der Waals surface area contributed by atoms with Crippen LogP contribution in [-0.2, 0) is 0 Å². The Bertz CT molecular complexity index is 610. The second-order valence-electron chi connectivity index (χ2n) is 6.14. The molecule has 1 aromatic rings. The number of nitro benzene ring substituents is 1. The fourth-order valence-electron chi connectivity index (χ4n) is 3.61. The van der Waals surface area contributed by atoms with Crippen molar-refractivity contribution in [1.82, 2.24) is 0 Å². The number of hydrogen-bond acceptors (Lipinski definition) is 4. The molecule has 0 fully saturated rings. The predicted molar refractivity (Wildman–Crippen MR) is 81.9 cm³/mol. The topological polar surface area (TPSA) is 64.4 Å². The van der Waals surface area contributed by atoms with Crippen LogP contribution in [0.3, 0.4) is 0 Å². The third kappa shape index (κ3) is 2.17. The van der Waals surface area contributed by atoms with E-state index < -0.39 is 0 Å². The zero-order valence-electron chi connectivity index (χ0n) is 12.5. The Morgan fingerprint density at radius 1 is 1.43 bits per heavy atom. The quantitative estimate of drug-likeness (QED) is 0.523. The minimum atomic E-state index is -0.329. The average Bonchev–Trinajstić information content (AvgIpc) is 2.94. The molecule has 5 nitrogen and oxygen atoms in total. The zero-order chi connectivity index (χ0) is 15.1. The van der Waals surface area contributed by atoms with E-state index in [-0.39, 0.29) is 22.6 Å². The maximum atomic E-state index is 11.4. The van der Waals surface area contributed by atoms with Crippen LogP contribution in [0.15, 0.2) is 24.3 Å². The molecule has 5 heteroatoms. The fourth-order valence-corrected chi connectivity index (χ4v) is 3.61. The van der Waals surface area contributed by atoms with Crippen LogP contribution in [0.4, 0.5) is 11.4 Å². The predicted octanol–water partition coefficient (Wildman–Crippen LogP) is 3.71. The summed E-state index contributed by atoms with van der Waals surface area (Å²) in [6.45, 7) is 4.32. The van der Waals surface area contributed by atoms with Crippen molar-refractivity contribution in [3.05, 3.63) is 40.0 Å². The van der Waals surface area contributed by atoms with Crippen molar-refractivity contribution in [2.75, 3.05) is 12.4 Å². The first-order valence-corrected chi connectivity index (χ1v) is 7.32. The number of rotatable bonds is 3. The van der Waals surface area contributed by atoms with Gasteiger partial charge in [-0.1, -0.05) is 26.0 Å². The van der Waals surface area contributed by atoms with E-state index in [0.717, 1.165) is 12.0 Å². The molecule has 1 aromatic carbocycles. The van der Waals surface area contributed by atoms with E-state index in [2.05, 4.69) is 31.3 Å². The summed E-state index contributed by atoms with van der Waals surface area (Å²) in [4.78, 5) is 11.1. The third-order valence-corrected chi connectivity index (χ3v) is 4.62. The standard InChI is InChI=1S/C16H20N2O3/c1-9(2)15-12-6-4-5-11(12)13-7-10(21-3)8-14(18(19)20)16(13)17-15/h4-5,7-9,11-12,15,17H,6H2,1-3H3/t11-,12+,15+/m0/s1. The summed E-state index contributed by atoms with van der Waals surface area (Å²) < 4.78 is 5.24. The smallest absolute Gasteiger partial charge is 0.296 e. The van der Waals surface area contributed by atoms with Gasteiger partial charge in [0.2, 0.25) is 0 Å². The van der Waals surface area contributed by atoms with E-state index in [0.29, 0.717) is 23.3 Å². The van der Waals surface area contributed by atoms with Crippen molar-refractivity contribution in [1.29, 1.82) is 0 Å². The SMILES string of the molecule is COc1cc2c(c([N+](=O)[O-])c1)N[C@H](C(C)C)[C@@H]1CC=C[C@H]21. The molecule has 3 atom stereocenters. The molecule has 0 bridgehead atoms. The van der Waals surface area contributed by atoms with Gasteiger partial charge in [0, 0.05) is 12.0 Å². The number of nitro groups is 1. The Labute approximate surface area is 124 Å². The molecule has 1 aliphatic heterocycles. The fraction of sp³-hybridized carbons (Fsp3) is 0.500. The van der Waals surface area contributed by atoms with Gasteiger partial charge in [-0.05, 0) is 29.9 Å². The summed E-state index contributed by atoms with van der Waals surface area (Å²) in [5.41, 5.74) is 1.75. The lowest BCUT2D eigenvalue weighted by Gasteiger charge is -2.39. The first-order chi connectivity index (χ1) is 10.0. The normalized spacial score (nSPS) is 26.2. The van der Waals surface area contributed by atoms with Crippen LogP contribution in [0.25, 0.3) is 0 Å². The van der Waals surface area contributed by atoms with Gasteiger partial charge in [0.25, 0.3) is 5.69 Å². The Kier molecular flexibility index (Phi) is 3.35. The molecule has 0 amide bonds. The molecule has 0 aromatic heterocycles. The van der Waals surface area contributed by atoms with Crippen LogP contribution in [0.2, 0.25) is 0 Å². The number of ether oxygens (including phenoxy) is 1. The summed E-state index contributed by atoms with van der Waals surface area (Å²) in [5, 5.41) is 14.8. The van der Waals surface area contributed by atoms with Gasteiger partial charge in [0.1, 0.15) is 11.4 Å². The molecule has 0 saturated heterocycles. The largest absolute Gasteiger partial charge is 0.496 e. The number of methoxy groups -OCH3 is 1. The van der Waals surface area contributed by atoms with Crippen LogP contribution in [0, 0.1) is 22.0 Å². The summed E-state index contributed by atoms with van der Waals surface area (Å²) in [5.74, 6) is 1.67. The molecule has 1 aliphatic carbocycles. The minimum absolute atomic E-state index is 0.105. The van der Waals surface area contributed by atoms with E-state index in [9.17, 15) is 10.1 Å². The molecule has 1 heterocycles. The van der Waals surface area contributed by atoms with Gasteiger partial charge in [-0.3, -0.25) is 10.1 Å². The van der Waals surface area contributed by atoms with Gasteiger partial charge in [0.05, 0.1) is 18.1 Å². The van der Waals surface area contributed by atoms with E-state index in [1.54, 1.807) is 7.11 Å². The van der Waals surface area contributed by atoms with Gasteiger partial charge in [0.15, 0.2) is 0 Å². The van der Waals surface area contributed by atoms with Crippen LogP contribution in [0.5, 0.6) is 5.75 Å². The molecule has 0 spiro atoms. The maximum absolute atomic E-state index is 11.4. The van der Waals surface area contributed by atoms with Crippen LogP contribution >= 0.6 is 0 Å². The van der Waals surface area contributed by atoms with E-state index in [1.165, 1.54) is 6.07 Å². The highest BCUT2D eigenvalue weighted by molar-refractivity contribution is 5.72. The van der Waals surface area contributed by atoms with Crippen molar-refractivity contribution < 1.29 is 9.66 Å². The molecule has 0 saturated carbocycles. The summed E-state index contributed by atoms with van der Waals surface area (Å²) in [6.07, 6.45) is 5.39. The van der Waals surface area contributed by atoms with Gasteiger partial charge in [-0.15, -0.1) is 0 Å². The molecular formula is C16H20N2O3. The lowest BCUT2D eigenvalue weighted by molar-refractivity contribution is -0.384. The van der Waals surface area contributed by atoms with E-state index >= 15 is 0 Å². The third-order valence-electron chi connectivity index (χ3n) is 4.62. The summed E-state index contributed by atoms with van der Waals surface area (Å²) in [6, 6.07) is 3.69. The molecule has 112 valence electrons. The van der Waals surface area contributed by atoms with Gasteiger partial charge in [-0.2, -0.15) is 0 Å². The second kappa shape index (κ2) is 5.06. The first-order valence-electron chi connectivity index (χ1n) is 7.32. The lowest BCUT2D eigenvalue weighted by atomic mass is 9.75. The highest BCUT2D eigenvalue weighted by Crippen LogP contribution is 2.50. The Morgan fingerprint density at radius 3 is 2.81 bits per heavy atom. The molecule has 3 rings (SSSR count). The minimum Gasteiger partial charge on any atom is -0.496 e. The van der Waals surface area contributed by atoms with Crippen LogP contribution in [-0.4, -0.2) is 18.1 Å². The number of nitrogens with zero attached hydrogens (tertiary/aromatic N) is 1. The first kappa shape index (κ1) is 13.9. The van der Waals surface area contributed by atoms with E-state index in [4.69, 9.17) is 4.74 Å².